The van der Waals surface area contributed by atoms with Gasteiger partial charge in [-0.05, 0) is 37.0 Å². The largest absolute Gasteiger partial charge is 0.462 e. The van der Waals surface area contributed by atoms with Crippen molar-refractivity contribution in [3.8, 4) is 0 Å². The van der Waals surface area contributed by atoms with E-state index in [0.717, 1.165) is 75.5 Å². The fourth-order valence-electron chi connectivity index (χ4n) is 7.76. The minimum Gasteiger partial charge on any atom is -0.462 e. The molecule has 0 unspecified atom stereocenters. The standard InChI is InChI=1S/C52H100O6/c1-46(2)38-32-26-20-15-12-10-8-7-9-11-13-17-24-31-37-43-52(55)58-49(45-57-51(54)42-36-30-25-19-22-28-34-40-48(5)6)44-56-50(53)41-35-29-23-18-14-16-21-27-33-39-47(3)4/h46-49H,7-45H2,1-6H3/t49-/m0/s1. The van der Waals surface area contributed by atoms with Gasteiger partial charge in [0.1, 0.15) is 13.2 Å². The third kappa shape index (κ3) is 45.5. The van der Waals surface area contributed by atoms with Crippen LogP contribution in [0.3, 0.4) is 0 Å². The average molecular weight is 821 g/mol. The first-order valence-corrected chi connectivity index (χ1v) is 25.6. The van der Waals surface area contributed by atoms with Crippen molar-refractivity contribution in [2.75, 3.05) is 13.2 Å². The van der Waals surface area contributed by atoms with Crippen LogP contribution in [-0.2, 0) is 28.6 Å². The van der Waals surface area contributed by atoms with Crippen molar-refractivity contribution in [3.63, 3.8) is 0 Å². The quantitative estimate of drug-likeness (QED) is 0.0346. The molecule has 0 N–H and O–H groups in total. The van der Waals surface area contributed by atoms with Gasteiger partial charge in [-0.3, -0.25) is 14.4 Å². The van der Waals surface area contributed by atoms with Gasteiger partial charge in [0.05, 0.1) is 0 Å². The highest BCUT2D eigenvalue weighted by Crippen LogP contribution is 2.17. The number of ether oxygens (including phenoxy) is 3. The summed E-state index contributed by atoms with van der Waals surface area (Å²) in [7, 11) is 0. The Bertz CT molecular complexity index is 898. The van der Waals surface area contributed by atoms with Gasteiger partial charge < -0.3 is 14.2 Å². The van der Waals surface area contributed by atoms with E-state index in [0.29, 0.717) is 19.3 Å². The van der Waals surface area contributed by atoms with Crippen molar-refractivity contribution >= 4 is 17.9 Å². The second-order valence-corrected chi connectivity index (χ2v) is 19.2. The topological polar surface area (TPSA) is 78.9 Å². The monoisotopic (exact) mass is 821 g/mol. The summed E-state index contributed by atoms with van der Waals surface area (Å²) in [6, 6.07) is 0. The second-order valence-electron chi connectivity index (χ2n) is 19.2. The summed E-state index contributed by atoms with van der Waals surface area (Å²) in [6.07, 6.45) is 42.4. The molecule has 0 radical (unpaired) electrons. The van der Waals surface area contributed by atoms with E-state index in [1.54, 1.807) is 0 Å². The first kappa shape index (κ1) is 56.4. The first-order chi connectivity index (χ1) is 28.1. The lowest BCUT2D eigenvalue weighted by molar-refractivity contribution is -0.167. The van der Waals surface area contributed by atoms with E-state index >= 15 is 0 Å². The predicted molar refractivity (Wildman–Crippen MR) is 247 cm³/mol. The highest BCUT2D eigenvalue weighted by Gasteiger charge is 2.19. The van der Waals surface area contributed by atoms with Crippen LogP contribution in [-0.4, -0.2) is 37.2 Å². The molecule has 0 rings (SSSR count). The summed E-state index contributed by atoms with van der Waals surface area (Å²) in [5.41, 5.74) is 0. The lowest BCUT2D eigenvalue weighted by Gasteiger charge is -2.18. The summed E-state index contributed by atoms with van der Waals surface area (Å²) in [5.74, 6) is 1.58. The van der Waals surface area contributed by atoms with E-state index < -0.39 is 6.10 Å². The Hall–Kier alpha value is -1.59. The Balaban J connectivity index is 4.28. The predicted octanol–water partition coefficient (Wildman–Crippen LogP) is 16.4. The minimum atomic E-state index is -0.763. The fraction of sp³-hybridized carbons (Fsp3) is 0.942. The highest BCUT2D eigenvalue weighted by atomic mass is 16.6. The Morgan fingerprint density at radius 2 is 0.500 bits per heavy atom. The van der Waals surface area contributed by atoms with Crippen molar-refractivity contribution in [3.05, 3.63) is 0 Å². The van der Waals surface area contributed by atoms with Gasteiger partial charge in [-0.25, -0.2) is 0 Å². The lowest BCUT2D eigenvalue weighted by Crippen LogP contribution is -2.30. The maximum atomic E-state index is 12.8. The summed E-state index contributed by atoms with van der Waals surface area (Å²) in [6.45, 7) is 13.7. The van der Waals surface area contributed by atoms with E-state index in [2.05, 4.69) is 41.5 Å². The van der Waals surface area contributed by atoms with Gasteiger partial charge >= 0.3 is 17.9 Å². The van der Waals surface area contributed by atoms with Crippen molar-refractivity contribution in [2.45, 2.75) is 285 Å². The van der Waals surface area contributed by atoms with Gasteiger partial charge in [-0.15, -0.1) is 0 Å². The molecule has 0 heterocycles. The van der Waals surface area contributed by atoms with Crippen molar-refractivity contribution < 1.29 is 28.6 Å². The molecule has 0 aromatic heterocycles. The first-order valence-electron chi connectivity index (χ1n) is 25.6. The molecule has 0 spiro atoms. The van der Waals surface area contributed by atoms with E-state index in [1.165, 1.54) is 161 Å². The molecule has 0 bridgehead atoms. The zero-order chi connectivity index (χ0) is 42.7. The zero-order valence-electron chi connectivity index (χ0n) is 39.8. The normalized spacial score (nSPS) is 12.2. The molecule has 0 saturated carbocycles. The lowest BCUT2D eigenvalue weighted by atomic mass is 10.0. The smallest absolute Gasteiger partial charge is 0.306 e. The molecule has 0 amide bonds. The fourth-order valence-corrected chi connectivity index (χ4v) is 7.76. The SMILES string of the molecule is CC(C)CCCCCCCCCCCCCCCCCC(=O)O[C@@H](COC(=O)CCCCCCCCCCCC(C)C)COC(=O)CCCCCCCCCC(C)C. The van der Waals surface area contributed by atoms with E-state index in [4.69, 9.17) is 14.2 Å². The number of carbonyl (C=O) groups excluding carboxylic acids is 3. The molecule has 1 atom stereocenters. The van der Waals surface area contributed by atoms with E-state index in [1.807, 2.05) is 0 Å². The second kappa shape index (κ2) is 43.5. The molecule has 0 fully saturated rings. The number of hydrogen-bond acceptors (Lipinski definition) is 6. The molecule has 6 heteroatoms. The van der Waals surface area contributed by atoms with Crippen LogP contribution in [0.15, 0.2) is 0 Å². The van der Waals surface area contributed by atoms with Gasteiger partial charge in [0, 0.05) is 19.3 Å². The van der Waals surface area contributed by atoms with Crippen LogP contribution in [0.2, 0.25) is 0 Å². The van der Waals surface area contributed by atoms with Crippen molar-refractivity contribution in [2.24, 2.45) is 17.8 Å². The van der Waals surface area contributed by atoms with Crippen LogP contribution in [0.4, 0.5) is 0 Å². The van der Waals surface area contributed by atoms with Crippen molar-refractivity contribution in [1.82, 2.24) is 0 Å². The minimum absolute atomic E-state index is 0.0656. The Morgan fingerprint density at radius 1 is 0.293 bits per heavy atom. The van der Waals surface area contributed by atoms with Gasteiger partial charge in [-0.2, -0.15) is 0 Å². The van der Waals surface area contributed by atoms with Crippen LogP contribution in [0.5, 0.6) is 0 Å². The number of unbranched alkanes of at least 4 members (excludes halogenated alkanes) is 28. The van der Waals surface area contributed by atoms with Crippen LogP contribution >= 0.6 is 0 Å². The molecule has 6 nitrogen and oxygen atoms in total. The maximum absolute atomic E-state index is 12.8. The molecule has 344 valence electrons. The van der Waals surface area contributed by atoms with Gasteiger partial charge in [0.15, 0.2) is 6.10 Å². The third-order valence-corrected chi connectivity index (χ3v) is 11.6. The maximum Gasteiger partial charge on any atom is 0.306 e. The number of rotatable bonds is 45. The highest BCUT2D eigenvalue weighted by molar-refractivity contribution is 5.71. The Labute approximate surface area is 361 Å². The molecule has 0 aliphatic heterocycles. The zero-order valence-corrected chi connectivity index (χ0v) is 39.8. The number of hydrogen-bond donors (Lipinski definition) is 0. The molecule has 0 aromatic carbocycles. The summed E-state index contributed by atoms with van der Waals surface area (Å²) < 4.78 is 16.8. The molecular weight excluding hydrogens is 721 g/mol. The Morgan fingerprint density at radius 3 is 0.741 bits per heavy atom. The summed E-state index contributed by atoms with van der Waals surface area (Å²) >= 11 is 0. The summed E-state index contributed by atoms with van der Waals surface area (Å²) in [5, 5.41) is 0. The molecule has 0 aliphatic carbocycles. The third-order valence-electron chi connectivity index (χ3n) is 11.6. The average Bonchev–Trinajstić information content (AvgIpc) is 3.18. The number of esters is 3. The van der Waals surface area contributed by atoms with E-state index in [-0.39, 0.29) is 31.1 Å². The van der Waals surface area contributed by atoms with E-state index in [9.17, 15) is 14.4 Å². The molecule has 0 aliphatic rings. The van der Waals surface area contributed by atoms with Gasteiger partial charge in [0.25, 0.3) is 0 Å². The van der Waals surface area contributed by atoms with Crippen LogP contribution in [0.1, 0.15) is 279 Å². The Kier molecular flexibility index (Phi) is 42.3. The van der Waals surface area contributed by atoms with Crippen LogP contribution < -0.4 is 0 Å². The van der Waals surface area contributed by atoms with Gasteiger partial charge in [0.2, 0.25) is 0 Å². The van der Waals surface area contributed by atoms with Crippen molar-refractivity contribution in [1.29, 1.82) is 0 Å². The molecule has 0 aromatic rings. The number of carbonyl (C=O) groups is 3. The van der Waals surface area contributed by atoms with Crippen LogP contribution in [0, 0.1) is 17.8 Å². The molecule has 58 heavy (non-hydrogen) atoms. The molecule has 0 saturated heterocycles. The molecular formula is C52H100O6. The van der Waals surface area contributed by atoms with Crippen LogP contribution in [0.25, 0.3) is 0 Å². The summed E-state index contributed by atoms with van der Waals surface area (Å²) in [4.78, 5) is 37.9. The van der Waals surface area contributed by atoms with Gasteiger partial charge in [-0.1, -0.05) is 241 Å².